The van der Waals surface area contributed by atoms with E-state index in [1.165, 1.54) is 0 Å². The van der Waals surface area contributed by atoms with Crippen molar-refractivity contribution in [2.45, 2.75) is 31.3 Å². The van der Waals surface area contributed by atoms with Gasteiger partial charge in [-0.25, -0.2) is 8.42 Å². The van der Waals surface area contributed by atoms with Gasteiger partial charge in [0.15, 0.2) is 16.4 Å². The van der Waals surface area contributed by atoms with Crippen molar-refractivity contribution in [2.24, 2.45) is 0 Å². The van der Waals surface area contributed by atoms with E-state index in [9.17, 15) is 13.2 Å². The summed E-state index contributed by atoms with van der Waals surface area (Å²) in [5.74, 6) is 0.118. The summed E-state index contributed by atoms with van der Waals surface area (Å²) >= 11 is 5.79. The van der Waals surface area contributed by atoms with Crippen LogP contribution in [0.15, 0.2) is 48.5 Å². The number of ether oxygens (including phenoxy) is 1. The Balaban J connectivity index is 1.97. The van der Waals surface area contributed by atoms with Crippen molar-refractivity contribution in [2.75, 3.05) is 11.9 Å². The van der Waals surface area contributed by atoms with Gasteiger partial charge >= 0.3 is 0 Å². The van der Waals surface area contributed by atoms with Crippen molar-refractivity contribution in [1.29, 1.82) is 0 Å². The molecule has 1 N–H and O–H groups in total. The number of benzene rings is 2. The molecule has 2 aromatic rings. The average Bonchev–Trinajstić information content (AvgIpc) is 2.53. The molecule has 2 aromatic carbocycles. The van der Waals surface area contributed by atoms with Crippen molar-refractivity contribution in [3.05, 3.63) is 59.1 Å². The number of halogens is 1. The Labute approximate surface area is 159 Å². The van der Waals surface area contributed by atoms with Gasteiger partial charge in [0.05, 0.1) is 10.5 Å². The summed E-state index contributed by atoms with van der Waals surface area (Å²) in [7, 11) is -3.29. The van der Waals surface area contributed by atoms with Crippen LogP contribution in [0.1, 0.15) is 26.3 Å². The fourth-order valence-electron chi connectivity index (χ4n) is 2.05. The summed E-state index contributed by atoms with van der Waals surface area (Å²) in [6, 6.07) is 13.5. The van der Waals surface area contributed by atoms with Crippen LogP contribution in [0.5, 0.6) is 5.75 Å². The summed E-state index contributed by atoms with van der Waals surface area (Å²) in [4.78, 5) is 12.0. The molecule has 0 spiro atoms. The maximum atomic E-state index is 12.3. The van der Waals surface area contributed by atoms with E-state index in [0.29, 0.717) is 22.0 Å². The zero-order chi connectivity index (χ0) is 19.4. The van der Waals surface area contributed by atoms with Crippen molar-refractivity contribution >= 4 is 33.0 Å². The minimum Gasteiger partial charge on any atom is -0.484 e. The molecule has 0 fully saturated rings. The zero-order valence-corrected chi connectivity index (χ0v) is 16.5. The van der Waals surface area contributed by atoms with Crippen LogP contribution >= 0.6 is 11.6 Å². The molecule has 0 saturated carbocycles. The van der Waals surface area contributed by atoms with E-state index in [-0.39, 0.29) is 18.3 Å². The third kappa shape index (κ3) is 5.75. The predicted molar refractivity (Wildman–Crippen MR) is 104 cm³/mol. The van der Waals surface area contributed by atoms with Gasteiger partial charge in [0.25, 0.3) is 5.91 Å². The van der Waals surface area contributed by atoms with Crippen LogP contribution in [0, 0.1) is 0 Å². The normalized spacial score (nSPS) is 11.8. The van der Waals surface area contributed by atoms with Crippen LogP contribution in [0.25, 0.3) is 0 Å². The van der Waals surface area contributed by atoms with Gasteiger partial charge in [-0.2, -0.15) is 0 Å². The van der Waals surface area contributed by atoms with E-state index in [1.807, 2.05) is 0 Å². The summed E-state index contributed by atoms with van der Waals surface area (Å²) < 4.78 is 29.2. The number of amides is 1. The Bertz CT molecular complexity index is 871. The number of sulfone groups is 1. The minimum absolute atomic E-state index is 0.0819. The van der Waals surface area contributed by atoms with Crippen LogP contribution in [0.4, 0.5) is 5.69 Å². The largest absolute Gasteiger partial charge is 0.484 e. The van der Waals surface area contributed by atoms with Crippen molar-refractivity contribution in [3.63, 3.8) is 0 Å². The molecule has 0 atom stereocenters. The number of carbonyl (C=O) groups is 1. The second kappa shape index (κ2) is 8.10. The number of nitrogens with one attached hydrogen (secondary N) is 1. The SMILES string of the molecule is CC(C)(C)S(=O)(=O)Cc1cccc(NC(=O)COc2ccc(Cl)cc2)c1. The van der Waals surface area contributed by atoms with E-state index in [4.69, 9.17) is 16.3 Å². The first-order chi connectivity index (χ1) is 12.1. The van der Waals surface area contributed by atoms with Crippen LogP contribution in [-0.2, 0) is 20.4 Å². The number of carbonyl (C=O) groups excluding carboxylic acids is 1. The Morgan fingerprint density at radius 1 is 1.12 bits per heavy atom. The maximum Gasteiger partial charge on any atom is 0.262 e. The summed E-state index contributed by atoms with van der Waals surface area (Å²) in [6.07, 6.45) is 0. The predicted octanol–water partition coefficient (Wildman–Crippen LogP) is 4.07. The molecule has 7 heteroatoms. The molecular formula is C19H22ClNO4S. The first-order valence-corrected chi connectivity index (χ1v) is 10.1. The van der Waals surface area contributed by atoms with E-state index in [2.05, 4.69) is 5.32 Å². The molecule has 0 unspecified atom stereocenters. The van der Waals surface area contributed by atoms with Crippen molar-refractivity contribution < 1.29 is 17.9 Å². The van der Waals surface area contributed by atoms with Crippen molar-refractivity contribution in [1.82, 2.24) is 0 Å². The van der Waals surface area contributed by atoms with E-state index >= 15 is 0 Å². The number of hydrogen-bond donors (Lipinski definition) is 1. The monoisotopic (exact) mass is 395 g/mol. The van der Waals surface area contributed by atoms with Crippen LogP contribution in [0.3, 0.4) is 0 Å². The van der Waals surface area contributed by atoms with Gasteiger partial charge in [-0.15, -0.1) is 0 Å². The van der Waals surface area contributed by atoms with Crippen molar-refractivity contribution in [3.8, 4) is 5.75 Å². The lowest BCUT2D eigenvalue weighted by molar-refractivity contribution is -0.118. The molecule has 0 aliphatic rings. The van der Waals surface area contributed by atoms with Gasteiger partial charge in [-0.3, -0.25) is 4.79 Å². The lowest BCUT2D eigenvalue weighted by Gasteiger charge is -2.19. The maximum absolute atomic E-state index is 12.3. The molecule has 0 radical (unpaired) electrons. The third-order valence-corrected chi connectivity index (χ3v) is 6.52. The highest BCUT2D eigenvalue weighted by molar-refractivity contribution is 7.91. The molecule has 0 aliphatic carbocycles. The number of anilines is 1. The molecule has 0 saturated heterocycles. The highest BCUT2D eigenvalue weighted by Crippen LogP contribution is 2.22. The van der Waals surface area contributed by atoms with Gasteiger partial charge in [0, 0.05) is 10.7 Å². The van der Waals surface area contributed by atoms with E-state index < -0.39 is 14.6 Å². The van der Waals surface area contributed by atoms with Gasteiger partial charge < -0.3 is 10.1 Å². The highest BCUT2D eigenvalue weighted by atomic mass is 35.5. The smallest absolute Gasteiger partial charge is 0.262 e. The van der Waals surface area contributed by atoms with Gasteiger partial charge in [0.2, 0.25) is 0 Å². The van der Waals surface area contributed by atoms with Gasteiger partial charge in [0.1, 0.15) is 5.75 Å². The lowest BCUT2D eigenvalue weighted by Crippen LogP contribution is -2.29. The Hall–Kier alpha value is -2.05. The average molecular weight is 396 g/mol. The quantitative estimate of drug-likeness (QED) is 0.800. The van der Waals surface area contributed by atoms with E-state index in [0.717, 1.165) is 0 Å². The van der Waals surface area contributed by atoms with Crippen LogP contribution in [-0.4, -0.2) is 25.7 Å². The molecule has 26 heavy (non-hydrogen) atoms. The minimum atomic E-state index is -3.29. The number of hydrogen-bond acceptors (Lipinski definition) is 4. The first kappa shape index (κ1) is 20.3. The molecular weight excluding hydrogens is 374 g/mol. The molecule has 140 valence electrons. The third-order valence-electron chi connectivity index (χ3n) is 3.68. The van der Waals surface area contributed by atoms with Gasteiger partial charge in [-0.05, 0) is 62.7 Å². The van der Waals surface area contributed by atoms with Crippen LogP contribution in [0.2, 0.25) is 5.02 Å². The molecule has 5 nitrogen and oxygen atoms in total. The fraction of sp³-hybridized carbons (Fsp3) is 0.316. The van der Waals surface area contributed by atoms with E-state index in [1.54, 1.807) is 69.3 Å². The summed E-state index contributed by atoms with van der Waals surface area (Å²) in [6.45, 7) is 4.85. The zero-order valence-electron chi connectivity index (χ0n) is 15.0. The molecule has 2 rings (SSSR count). The molecule has 0 bridgehead atoms. The molecule has 0 heterocycles. The molecule has 1 amide bonds. The first-order valence-electron chi connectivity index (χ1n) is 8.06. The second-order valence-electron chi connectivity index (χ2n) is 6.86. The summed E-state index contributed by atoms with van der Waals surface area (Å²) in [5, 5.41) is 3.29. The highest BCUT2D eigenvalue weighted by Gasteiger charge is 2.28. The molecule has 0 aromatic heterocycles. The standard InChI is InChI=1S/C19H22ClNO4S/c1-19(2,3)26(23,24)13-14-5-4-6-16(11-14)21-18(22)12-25-17-9-7-15(20)8-10-17/h4-11H,12-13H2,1-3H3,(H,21,22). The lowest BCUT2D eigenvalue weighted by atomic mass is 10.2. The summed E-state index contributed by atoms with van der Waals surface area (Å²) in [5.41, 5.74) is 1.15. The Morgan fingerprint density at radius 2 is 1.77 bits per heavy atom. The molecule has 0 aliphatic heterocycles. The number of rotatable bonds is 6. The fourth-order valence-corrected chi connectivity index (χ4v) is 3.23. The van der Waals surface area contributed by atoms with Gasteiger partial charge in [-0.1, -0.05) is 23.7 Å². The second-order valence-corrected chi connectivity index (χ2v) is 10.0. The Kier molecular flexibility index (Phi) is 6.31. The van der Waals surface area contributed by atoms with Crippen LogP contribution < -0.4 is 10.1 Å². The Morgan fingerprint density at radius 3 is 2.38 bits per heavy atom. The topological polar surface area (TPSA) is 72.5 Å².